The molecule has 0 unspecified atom stereocenters. The molecule has 94 valence electrons. The molecule has 17 heavy (non-hydrogen) atoms. The van der Waals surface area contributed by atoms with Crippen LogP contribution in [0.2, 0.25) is 5.28 Å². The normalized spacial score (nSPS) is 17.4. The number of nitrogens with one attached hydrogen (secondary N) is 1. The Morgan fingerprint density at radius 3 is 2.47 bits per heavy atom. The second-order valence-electron chi connectivity index (χ2n) is 4.73. The largest absolute Gasteiger partial charge is 0.349 e. The smallest absolute Gasteiger partial charge is 0.230 e. The minimum Gasteiger partial charge on any atom is -0.349 e. The van der Waals surface area contributed by atoms with Crippen LogP contribution in [0.1, 0.15) is 32.6 Å². The zero-order chi connectivity index (χ0) is 12.5. The Bertz CT molecular complexity index is 397. The van der Waals surface area contributed by atoms with E-state index in [9.17, 15) is 0 Å². The highest BCUT2D eigenvalue weighted by Crippen LogP contribution is 2.37. The van der Waals surface area contributed by atoms with Crippen LogP contribution in [0.15, 0.2) is 0 Å². The first-order chi connectivity index (χ1) is 8.04. The van der Waals surface area contributed by atoms with Crippen molar-refractivity contribution in [2.45, 2.75) is 38.1 Å². The van der Waals surface area contributed by atoms with Crippen LogP contribution in [0.25, 0.3) is 0 Å². The summed E-state index contributed by atoms with van der Waals surface area (Å²) < 4.78 is 0. The molecule has 1 N–H and O–H groups in total. The van der Waals surface area contributed by atoms with Gasteiger partial charge in [-0.05, 0) is 37.3 Å². The van der Waals surface area contributed by atoms with Crippen LogP contribution in [0.3, 0.4) is 0 Å². The Morgan fingerprint density at radius 2 is 2.00 bits per heavy atom. The quantitative estimate of drug-likeness (QED) is 0.895. The lowest BCUT2D eigenvalue weighted by Gasteiger charge is -2.42. The van der Waals surface area contributed by atoms with Crippen LogP contribution in [0, 0.1) is 0 Å². The predicted octanol–water partition coefficient (Wildman–Crippen LogP) is 2.34. The molecule has 0 amide bonds. The van der Waals surface area contributed by atoms with E-state index in [4.69, 9.17) is 11.6 Å². The molecule has 1 heterocycles. The van der Waals surface area contributed by atoms with E-state index in [2.05, 4.69) is 27.2 Å². The fraction of sp³-hybridized carbons (Fsp3) is 0.727. The lowest BCUT2D eigenvalue weighted by molar-refractivity contribution is 0.268. The average molecular weight is 256 g/mol. The van der Waals surface area contributed by atoms with Crippen molar-refractivity contribution in [1.82, 2.24) is 15.0 Å². The molecule has 2 rings (SSSR count). The van der Waals surface area contributed by atoms with Crippen LogP contribution in [0.5, 0.6) is 0 Å². The third-order valence-corrected chi connectivity index (χ3v) is 3.53. The molecule has 1 aliphatic rings. The number of nitrogens with zero attached hydrogens (tertiary/aromatic N) is 4. The molecule has 1 aromatic rings. The maximum atomic E-state index is 5.90. The molecule has 0 atom stereocenters. The van der Waals surface area contributed by atoms with Crippen molar-refractivity contribution >= 4 is 23.5 Å². The Labute approximate surface area is 107 Å². The van der Waals surface area contributed by atoms with E-state index in [1.54, 1.807) is 0 Å². The number of halogens is 1. The van der Waals surface area contributed by atoms with Crippen LogP contribution in [-0.2, 0) is 0 Å². The molecule has 1 aliphatic carbocycles. The Kier molecular flexibility index (Phi) is 3.38. The summed E-state index contributed by atoms with van der Waals surface area (Å²) in [7, 11) is 3.77. The van der Waals surface area contributed by atoms with E-state index in [1.807, 2.05) is 19.0 Å². The number of hydrogen-bond donors (Lipinski definition) is 1. The van der Waals surface area contributed by atoms with Crippen LogP contribution in [0.4, 0.5) is 11.9 Å². The summed E-state index contributed by atoms with van der Waals surface area (Å²) in [5.74, 6) is 1.16. The Morgan fingerprint density at radius 1 is 1.29 bits per heavy atom. The second-order valence-corrected chi connectivity index (χ2v) is 5.07. The topological polar surface area (TPSA) is 53.9 Å². The molecule has 1 fully saturated rings. The van der Waals surface area contributed by atoms with E-state index in [-0.39, 0.29) is 10.8 Å². The van der Waals surface area contributed by atoms with Gasteiger partial charge in [-0.3, -0.25) is 0 Å². The summed E-state index contributed by atoms with van der Waals surface area (Å²) in [6, 6.07) is 0. The summed E-state index contributed by atoms with van der Waals surface area (Å²) in [5, 5.41) is 3.64. The minimum atomic E-state index is 0.161. The Balaban J connectivity index is 2.20. The van der Waals surface area contributed by atoms with Gasteiger partial charge in [0.15, 0.2) is 0 Å². The first-order valence-electron chi connectivity index (χ1n) is 5.92. The summed E-state index contributed by atoms with van der Waals surface area (Å²) in [5.41, 5.74) is 0.161. The van der Waals surface area contributed by atoms with E-state index in [0.29, 0.717) is 11.9 Å². The Hall–Kier alpha value is -1.10. The van der Waals surface area contributed by atoms with Crippen LogP contribution < -0.4 is 10.2 Å². The highest BCUT2D eigenvalue weighted by Gasteiger charge is 2.35. The van der Waals surface area contributed by atoms with Gasteiger partial charge in [-0.15, -0.1) is 0 Å². The molecule has 1 saturated carbocycles. The SMILES string of the molecule is CCC1(Nc2nc(Cl)nc(N(C)C)n2)CCC1. The molecule has 0 aromatic carbocycles. The summed E-state index contributed by atoms with van der Waals surface area (Å²) in [4.78, 5) is 14.4. The van der Waals surface area contributed by atoms with E-state index < -0.39 is 0 Å². The van der Waals surface area contributed by atoms with Gasteiger partial charge in [0.05, 0.1) is 0 Å². The first-order valence-corrected chi connectivity index (χ1v) is 6.29. The first kappa shape index (κ1) is 12.4. The summed E-state index contributed by atoms with van der Waals surface area (Å²) in [6.07, 6.45) is 4.68. The molecule has 0 bridgehead atoms. The molecule has 1 aromatic heterocycles. The molecular formula is C11H18ClN5. The predicted molar refractivity (Wildman–Crippen MR) is 69.7 cm³/mol. The highest BCUT2D eigenvalue weighted by molar-refractivity contribution is 6.28. The van der Waals surface area contributed by atoms with Gasteiger partial charge in [0.1, 0.15) is 0 Å². The number of anilines is 2. The fourth-order valence-corrected chi connectivity index (χ4v) is 2.16. The van der Waals surface area contributed by atoms with Crippen molar-refractivity contribution in [1.29, 1.82) is 0 Å². The lowest BCUT2D eigenvalue weighted by atomic mass is 9.75. The molecule has 6 heteroatoms. The summed E-state index contributed by atoms with van der Waals surface area (Å²) >= 11 is 5.90. The molecule has 0 aliphatic heterocycles. The van der Waals surface area contributed by atoms with Crippen molar-refractivity contribution in [2.75, 3.05) is 24.3 Å². The maximum absolute atomic E-state index is 5.90. The van der Waals surface area contributed by atoms with Gasteiger partial charge in [-0.2, -0.15) is 15.0 Å². The van der Waals surface area contributed by atoms with Crippen molar-refractivity contribution in [3.8, 4) is 0 Å². The van der Waals surface area contributed by atoms with Gasteiger partial charge in [0, 0.05) is 19.6 Å². The molecule has 0 radical (unpaired) electrons. The van der Waals surface area contributed by atoms with Gasteiger partial charge in [-0.25, -0.2) is 0 Å². The second kappa shape index (κ2) is 4.64. The van der Waals surface area contributed by atoms with Crippen molar-refractivity contribution < 1.29 is 0 Å². The van der Waals surface area contributed by atoms with Gasteiger partial charge in [0.2, 0.25) is 17.2 Å². The third kappa shape index (κ3) is 2.60. The molecule has 5 nitrogen and oxygen atoms in total. The highest BCUT2D eigenvalue weighted by atomic mass is 35.5. The fourth-order valence-electron chi connectivity index (χ4n) is 2.00. The van der Waals surface area contributed by atoms with E-state index >= 15 is 0 Å². The van der Waals surface area contributed by atoms with Gasteiger partial charge < -0.3 is 10.2 Å². The van der Waals surface area contributed by atoms with Crippen molar-refractivity contribution in [3.05, 3.63) is 5.28 Å². The maximum Gasteiger partial charge on any atom is 0.230 e. The van der Waals surface area contributed by atoms with Crippen LogP contribution in [-0.4, -0.2) is 34.6 Å². The number of aromatic nitrogens is 3. The third-order valence-electron chi connectivity index (χ3n) is 3.36. The number of hydrogen-bond acceptors (Lipinski definition) is 5. The van der Waals surface area contributed by atoms with E-state index in [1.165, 1.54) is 19.3 Å². The summed E-state index contributed by atoms with van der Waals surface area (Å²) in [6.45, 7) is 2.18. The van der Waals surface area contributed by atoms with Crippen molar-refractivity contribution in [2.24, 2.45) is 0 Å². The monoisotopic (exact) mass is 255 g/mol. The molecule has 0 saturated heterocycles. The average Bonchev–Trinajstić information content (AvgIpc) is 2.22. The zero-order valence-electron chi connectivity index (χ0n) is 10.5. The van der Waals surface area contributed by atoms with Gasteiger partial charge in [-0.1, -0.05) is 6.92 Å². The molecular weight excluding hydrogens is 238 g/mol. The van der Waals surface area contributed by atoms with Gasteiger partial charge in [0.25, 0.3) is 0 Å². The van der Waals surface area contributed by atoms with Crippen molar-refractivity contribution in [3.63, 3.8) is 0 Å². The zero-order valence-corrected chi connectivity index (χ0v) is 11.3. The number of rotatable bonds is 4. The molecule has 0 spiro atoms. The van der Waals surface area contributed by atoms with E-state index in [0.717, 1.165) is 6.42 Å². The van der Waals surface area contributed by atoms with Gasteiger partial charge >= 0.3 is 0 Å². The minimum absolute atomic E-state index is 0.161. The van der Waals surface area contributed by atoms with Crippen LogP contribution >= 0.6 is 11.6 Å². The standard InChI is InChI=1S/C11H18ClN5/c1-4-11(6-5-7-11)16-9-13-8(12)14-10(15-9)17(2)3/h4-7H2,1-3H3,(H,13,14,15,16). The lowest BCUT2D eigenvalue weighted by Crippen LogP contribution is -2.44.